The second-order valence-electron chi connectivity index (χ2n) is 2.87. The molecule has 0 aliphatic carbocycles. The lowest BCUT2D eigenvalue weighted by Crippen LogP contribution is -1.83. The van der Waals surface area contributed by atoms with E-state index in [4.69, 9.17) is 5.26 Å². The van der Waals surface area contributed by atoms with Crippen molar-refractivity contribution in [1.29, 1.82) is 5.26 Å². The molecule has 0 atom stereocenters. The maximum absolute atomic E-state index is 10.4. The molecular formula is C10H6N4O. The van der Waals surface area contributed by atoms with Gasteiger partial charge in [-0.25, -0.2) is 0 Å². The van der Waals surface area contributed by atoms with Gasteiger partial charge in [0.05, 0.1) is 11.6 Å². The van der Waals surface area contributed by atoms with Crippen LogP contribution in [0.5, 0.6) is 0 Å². The Morgan fingerprint density at radius 1 is 1.40 bits per heavy atom. The number of hydrogen-bond donors (Lipinski definition) is 1. The topological polar surface area (TPSA) is 82.4 Å². The Bertz CT molecular complexity index is 538. The summed E-state index contributed by atoms with van der Waals surface area (Å²) in [6.45, 7) is 0. The standard InChI is InChI=1S/C10H6N4O/c11-5-7-2-1-3-8(4-7)10-12-9(6-15)13-14-10/h1-4,6H,(H,12,13,14). The van der Waals surface area contributed by atoms with Crippen LogP contribution < -0.4 is 0 Å². The Morgan fingerprint density at radius 3 is 2.93 bits per heavy atom. The van der Waals surface area contributed by atoms with E-state index < -0.39 is 0 Å². The molecule has 5 heteroatoms. The van der Waals surface area contributed by atoms with Crippen LogP contribution in [-0.2, 0) is 0 Å². The van der Waals surface area contributed by atoms with Crippen LogP contribution >= 0.6 is 0 Å². The van der Waals surface area contributed by atoms with Crippen LogP contribution in [0.1, 0.15) is 16.2 Å². The van der Waals surface area contributed by atoms with Crippen molar-refractivity contribution in [2.45, 2.75) is 0 Å². The Kier molecular flexibility index (Phi) is 2.25. The Morgan fingerprint density at radius 2 is 2.27 bits per heavy atom. The van der Waals surface area contributed by atoms with Crippen LogP contribution in [-0.4, -0.2) is 21.5 Å². The fraction of sp³-hybridized carbons (Fsp3) is 0. The number of nitrogens with zero attached hydrogens (tertiary/aromatic N) is 3. The van der Waals surface area contributed by atoms with E-state index in [0.29, 0.717) is 17.7 Å². The van der Waals surface area contributed by atoms with Gasteiger partial charge in [0.25, 0.3) is 0 Å². The fourth-order valence-corrected chi connectivity index (χ4v) is 1.19. The first-order valence-electron chi connectivity index (χ1n) is 4.22. The van der Waals surface area contributed by atoms with Crippen molar-refractivity contribution in [2.24, 2.45) is 0 Å². The highest BCUT2D eigenvalue weighted by molar-refractivity contribution is 5.70. The van der Waals surface area contributed by atoms with E-state index >= 15 is 0 Å². The summed E-state index contributed by atoms with van der Waals surface area (Å²) in [5, 5.41) is 16.1. The lowest BCUT2D eigenvalue weighted by atomic mass is 10.1. The number of nitrogens with one attached hydrogen (secondary N) is 1. The molecule has 0 radical (unpaired) electrons. The van der Waals surface area contributed by atoms with E-state index in [1.807, 2.05) is 6.07 Å². The van der Waals surface area contributed by atoms with Gasteiger partial charge in [-0.1, -0.05) is 12.1 Å². The summed E-state index contributed by atoms with van der Waals surface area (Å²) in [4.78, 5) is 13.1. The van der Waals surface area contributed by atoms with Crippen molar-refractivity contribution >= 4 is 6.29 Å². The number of benzene rings is 1. The Labute approximate surface area is 85.4 Å². The number of carbonyl (C=O) groups excluding carboxylic acids is 1. The van der Waals surface area contributed by atoms with E-state index in [9.17, 15) is 4.79 Å². The van der Waals surface area contributed by atoms with Crippen molar-refractivity contribution in [3.63, 3.8) is 0 Å². The highest BCUT2D eigenvalue weighted by Crippen LogP contribution is 2.15. The van der Waals surface area contributed by atoms with Gasteiger partial charge in [-0.3, -0.25) is 4.79 Å². The van der Waals surface area contributed by atoms with E-state index in [0.717, 1.165) is 5.56 Å². The maximum atomic E-state index is 10.4. The first-order chi connectivity index (χ1) is 7.33. The number of aromatic amines is 1. The van der Waals surface area contributed by atoms with Crippen LogP contribution in [0.2, 0.25) is 0 Å². The van der Waals surface area contributed by atoms with Gasteiger partial charge in [0.1, 0.15) is 0 Å². The van der Waals surface area contributed by atoms with Gasteiger partial charge in [-0.05, 0) is 12.1 Å². The smallest absolute Gasteiger partial charge is 0.194 e. The largest absolute Gasteiger partial charge is 0.319 e. The van der Waals surface area contributed by atoms with Gasteiger partial charge in [0.15, 0.2) is 17.9 Å². The zero-order valence-electron chi connectivity index (χ0n) is 7.64. The average molecular weight is 198 g/mol. The minimum absolute atomic E-state index is 0.173. The number of aldehydes is 1. The molecule has 0 saturated carbocycles. The molecule has 2 aromatic rings. The lowest BCUT2D eigenvalue weighted by molar-refractivity contribution is 0.111. The minimum Gasteiger partial charge on any atom is -0.319 e. The van der Waals surface area contributed by atoms with Crippen LogP contribution in [0.25, 0.3) is 11.4 Å². The van der Waals surface area contributed by atoms with E-state index in [2.05, 4.69) is 15.2 Å². The zero-order valence-corrected chi connectivity index (χ0v) is 7.64. The highest BCUT2D eigenvalue weighted by atomic mass is 16.1. The SMILES string of the molecule is N#Cc1cccc(-c2nnc(C=O)[nH]2)c1. The first-order valence-corrected chi connectivity index (χ1v) is 4.22. The molecule has 2 rings (SSSR count). The number of nitriles is 1. The molecule has 0 aliphatic heterocycles. The monoisotopic (exact) mass is 198 g/mol. The van der Waals surface area contributed by atoms with Gasteiger partial charge < -0.3 is 4.98 Å². The summed E-state index contributed by atoms with van der Waals surface area (Å²) < 4.78 is 0. The first kappa shape index (κ1) is 9.09. The summed E-state index contributed by atoms with van der Waals surface area (Å²) >= 11 is 0. The molecule has 1 aromatic carbocycles. The lowest BCUT2D eigenvalue weighted by Gasteiger charge is -1.94. The fourth-order valence-electron chi connectivity index (χ4n) is 1.19. The van der Waals surface area contributed by atoms with Crippen LogP contribution in [0.4, 0.5) is 0 Å². The third-order valence-electron chi connectivity index (χ3n) is 1.88. The maximum Gasteiger partial charge on any atom is 0.194 e. The number of aromatic nitrogens is 3. The molecule has 0 fully saturated rings. The molecule has 1 N–H and O–H groups in total. The summed E-state index contributed by atoms with van der Waals surface area (Å²) in [5.74, 6) is 0.654. The van der Waals surface area contributed by atoms with Crippen LogP contribution in [0, 0.1) is 11.3 Å². The van der Waals surface area contributed by atoms with Gasteiger partial charge in [-0.2, -0.15) is 5.26 Å². The molecule has 5 nitrogen and oxygen atoms in total. The molecule has 1 heterocycles. The third-order valence-corrected chi connectivity index (χ3v) is 1.88. The molecule has 0 bridgehead atoms. The summed E-state index contributed by atoms with van der Waals surface area (Å²) in [6, 6.07) is 8.93. The molecule has 0 saturated heterocycles. The van der Waals surface area contributed by atoms with Crippen molar-refractivity contribution in [2.75, 3.05) is 0 Å². The minimum atomic E-state index is 0.173. The molecule has 1 aromatic heterocycles. The molecule has 0 unspecified atom stereocenters. The Balaban J connectivity index is 2.45. The van der Waals surface area contributed by atoms with E-state index in [-0.39, 0.29) is 5.82 Å². The van der Waals surface area contributed by atoms with Crippen molar-refractivity contribution in [3.8, 4) is 17.5 Å². The van der Waals surface area contributed by atoms with Crippen molar-refractivity contribution in [1.82, 2.24) is 15.2 Å². The molecule has 72 valence electrons. The number of hydrogen-bond acceptors (Lipinski definition) is 4. The van der Waals surface area contributed by atoms with Gasteiger partial charge in [0.2, 0.25) is 0 Å². The number of H-pyrrole nitrogens is 1. The molecule has 0 aliphatic rings. The third kappa shape index (κ3) is 1.74. The van der Waals surface area contributed by atoms with Crippen LogP contribution in [0.15, 0.2) is 24.3 Å². The number of carbonyl (C=O) groups is 1. The molecule has 0 amide bonds. The average Bonchev–Trinajstić information content (AvgIpc) is 2.78. The second-order valence-corrected chi connectivity index (χ2v) is 2.87. The Hall–Kier alpha value is -2.48. The van der Waals surface area contributed by atoms with Crippen molar-refractivity contribution in [3.05, 3.63) is 35.7 Å². The van der Waals surface area contributed by atoms with Gasteiger partial charge in [0, 0.05) is 5.56 Å². The molecule has 15 heavy (non-hydrogen) atoms. The predicted molar refractivity (Wildman–Crippen MR) is 51.9 cm³/mol. The van der Waals surface area contributed by atoms with Gasteiger partial charge in [-0.15, -0.1) is 10.2 Å². The van der Waals surface area contributed by atoms with E-state index in [1.54, 1.807) is 24.3 Å². The highest BCUT2D eigenvalue weighted by Gasteiger charge is 2.04. The molecular weight excluding hydrogens is 192 g/mol. The number of rotatable bonds is 2. The van der Waals surface area contributed by atoms with Crippen LogP contribution in [0.3, 0.4) is 0 Å². The second kappa shape index (κ2) is 3.72. The normalized spacial score (nSPS) is 9.53. The van der Waals surface area contributed by atoms with E-state index in [1.165, 1.54) is 0 Å². The summed E-state index contributed by atoms with van der Waals surface area (Å²) in [5.41, 5.74) is 1.27. The van der Waals surface area contributed by atoms with Gasteiger partial charge >= 0.3 is 0 Å². The molecule has 0 spiro atoms. The summed E-state index contributed by atoms with van der Waals surface area (Å²) in [7, 11) is 0. The predicted octanol–water partition coefficient (Wildman–Crippen LogP) is 1.16. The summed E-state index contributed by atoms with van der Waals surface area (Å²) in [6.07, 6.45) is 0.588. The zero-order chi connectivity index (χ0) is 10.7. The van der Waals surface area contributed by atoms with Crippen molar-refractivity contribution < 1.29 is 4.79 Å². The quantitative estimate of drug-likeness (QED) is 0.734.